The highest BCUT2D eigenvalue weighted by Gasteiger charge is 2.22. The zero-order chi connectivity index (χ0) is 17.1. The van der Waals surface area contributed by atoms with E-state index in [4.69, 9.17) is 9.47 Å². The molecule has 0 aromatic heterocycles. The van der Waals surface area contributed by atoms with E-state index in [0.717, 1.165) is 11.1 Å². The maximum atomic E-state index is 12.2. The normalized spacial score (nSPS) is 16.0. The maximum absolute atomic E-state index is 12.2. The summed E-state index contributed by atoms with van der Waals surface area (Å²) in [5.74, 6) is 0.969. The number of anilines is 1. The first kappa shape index (κ1) is 16.3. The monoisotopic (exact) mass is 327 g/mol. The van der Waals surface area contributed by atoms with Crippen LogP contribution < -0.4 is 14.8 Å². The smallest absolute Gasteiger partial charge is 0.262 e. The predicted molar refractivity (Wildman–Crippen MR) is 91.6 cm³/mol. The Hall–Kier alpha value is -2.53. The van der Waals surface area contributed by atoms with Gasteiger partial charge in [-0.15, -0.1) is 0 Å². The molecule has 0 spiro atoms. The Morgan fingerprint density at radius 1 is 1.33 bits per heavy atom. The molecule has 1 atom stereocenters. The number of fused-ring (bicyclic) bond motifs is 1. The third kappa shape index (κ3) is 3.51. The Labute approximate surface area is 141 Å². The zero-order valence-electron chi connectivity index (χ0n) is 13.8. The van der Waals surface area contributed by atoms with Gasteiger partial charge in [0.1, 0.15) is 11.5 Å². The molecule has 2 aromatic rings. The van der Waals surface area contributed by atoms with Gasteiger partial charge in [0.05, 0.1) is 18.4 Å². The summed E-state index contributed by atoms with van der Waals surface area (Å²) in [5.41, 5.74) is 3.32. The lowest BCUT2D eigenvalue weighted by Gasteiger charge is -2.24. The van der Waals surface area contributed by atoms with E-state index in [1.807, 2.05) is 32.0 Å². The van der Waals surface area contributed by atoms with Crippen LogP contribution in [0.25, 0.3) is 0 Å². The summed E-state index contributed by atoms with van der Waals surface area (Å²) in [6.07, 6.45) is -0.00282. The van der Waals surface area contributed by atoms with Crippen LogP contribution in [-0.2, 0) is 4.79 Å². The molecule has 0 saturated carbocycles. The van der Waals surface area contributed by atoms with Crippen LogP contribution in [0, 0.1) is 13.8 Å². The first-order valence-corrected chi connectivity index (χ1v) is 7.98. The van der Waals surface area contributed by atoms with Crippen LogP contribution in [0.3, 0.4) is 0 Å². The molecule has 2 N–H and O–H groups in total. The maximum Gasteiger partial charge on any atom is 0.262 e. The van der Waals surface area contributed by atoms with Crippen LogP contribution >= 0.6 is 0 Å². The van der Waals surface area contributed by atoms with Gasteiger partial charge in [-0.3, -0.25) is 4.79 Å². The summed E-state index contributed by atoms with van der Waals surface area (Å²) in [4.78, 5) is 12.2. The molecule has 0 fully saturated rings. The van der Waals surface area contributed by atoms with Crippen molar-refractivity contribution in [3.05, 3.63) is 53.1 Å². The average Bonchev–Trinajstić information content (AvgIpc) is 2.57. The number of carbonyl (C=O) groups excluding carboxylic acids is 1. The summed E-state index contributed by atoms with van der Waals surface area (Å²) in [7, 11) is 0. The molecule has 5 heteroatoms. The second-order valence-electron chi connectivity index (χ2n) is 5.98. The lowest BCUT2D eigenvalue weighted by Crippen LogP contribution is -2.22. The van der Waals surface area contributed by atoms with Crippen molar-refractivity contribution in [2.45, 2.75) is 26.4 Å². The Kier molecular flexibility index (Phi) is 4.71. The van der Waals surface area contributed by atoms with E-state index in [0.29, 0.717) is 35.8 Å². The van der Waals surface area contributed by atoms with Crippen molar-refractivity contribution in [2.24, 2.45) is 0 Å². The van der Waals surface area contributed by atoms with Crippen molar-refractivity contribution in [1.29, 1.82) is 0 Å². The summed E-state index contributed by atoms with van der Waals surface area (Å²) < 4.78 is 11.2. The van der Waals surface area contributed by atoms with Crippen LogP contribution in [0.4, 0.5) is 5.69 Å². The van der Waals surface area contributed by atoms with Crippen molar-refractivity contribution in [1.82, 2.24) is 0 Å². The topological polar surface area (TPSA) is 67.8 Å². The van der Waals surface area contributed by atoms with Gasteiger partial charge in [-0.2, -0.15) is 0 Å². The van der Waals surface area contributed by atoms with Gasteiger partial charge in [-0.25, -0.2) is 0 Å². The Morgan fingerprint density at radius 3 is 3.00 bits per heavy atom. The van der Waals surface area contributed by atoms with E-state index in [1.54, 1.807) is 18.2 Å². The van der Waals surface area contributed by atoms with E-state index >= 15 is 0 Å². The Bertz CT molecular complexity index is 757. The molecule has 0 radical (unpaired) electrons. The molecule has 0 aliphatic carbocycles. The molecule has 1 aliphatic rings. The minimum Gasteiger partial charge on any atom is -0.491 e. The van der Waals surface area contributed by atoms with Crippen LogP contribution in [0.2, 0.25) is 0 Å². The van der Waals surface area contributed by atoms with E-state index in [9.17, 15) is 9.90 Å². The quantitative estimate of drug-likeness (QED) is 0.905. The number of carbonyl (C=O) groups is 1. The van der Waals surface area contributed by atoms with Crippen molar-refractivity contribution in [2.75, 3.05) is 18.5 Å². The molecule has 0 saturated heterocycles. The largest absolute Gasteiger partial charge is 0.491 e. The summed E-state index contributed by atoms with van der Waals surface area (Å²) in [6, 6.07) is 11.2. The number of hydrogen-bond acceptors (Lipinski definition) is 4. The van der Waals surface area contributed by atoms with Crippen molar-refractivity contribution < 1.29 is 19.4 Å². The molecule has 1 amide bonds. The van der Waals surface area contributed by atoms with Gasteiger partial charge < -0.3 is 19.9 Å². The lowest BCUT2D eigenvalue weighted by molar-refractivity contribution is -0.118. The SMILES string of the molecule is Cc1ccc(C)c(OCC(=O)Nc2cccc3c2OCC[C@H]3O)c1. The molecule has 5 nitrogen and oxygen atoms in total. The van der Waals surface area contributed by atoms with Crippen molar-refractivity contribution in [3.8, 4) is 11.5 Å². The fourth-order valence-corrected chi connectivity index (χ4v) is 2.70. The molecule has 126 valence electrons. The third-order valence-electron chi connectivity index (χ3n) is 4.02. The highest BCUT2D eigenvalue weighted by atomic mass is 16.5. The minimum absolute atomic E-state index is 0.0868. The fraction of sp³-hybridized carbons (Fsp3) is 0.316. The van der Waals surface area contributed by atoms with E-state index in [2.05, 4.69) is 5.32 Å². The second-order valence-corrected chi connectivity index (χ2v) is 5.98. The number of aliphatic hydroxyl groups is 1. The van der Waals surface area contributed by atoms with Gasteiger partial charge in [-0.05, 0) is 37.1 Å². The molecule has 0 bridgehead atoms. The summed E-state index contributed by atoms with van der Waals surface area (Å²) >= 11 is 0. The van der Waals surface area contributed by atoms with Gasteiger partial charge in [0.25, 0.3) is 5.91 Å². The molecule has 2 aromatic carbocycles. The summed E-state index contributed by atoms with van der Waals surface area (Å²) in [6.45, 7) is 4.26. The molecule has 1 heterocycles. The molecule has 24 heavy (non-hydrogen) atoms. The summed E-state index contributed by atoms with van der Waals surface area (Å²) in [5, 5.41) is 12.8. The number of ether oxygens (including phenoxy) is 2. The van der Waals surface area contributed by atoms with Crippen LogP contribution in [-0.4, -0.2) is 24.2 Å². The molecular weight excluding hydrogens is 306 g/mol. The van der Waals surface area contributed by atoms with Gasteiger partial charge in [0.15, 0.2) is 6.61 Å². The first-order chi connectivity index (χ1) is 11.5. The van der Waals surface area contributed by atoms with E-state index in [-0.39, 0.29) is 12.5 Å². The standard InChI is InChI=1S/C19H21NO4/c1-12-6-7-13(2)17(10-12)24-11-18(22)20-15-5-3-4-14-16(21)8-9-23-19(14)15/h3-7,10,16,21H,8-9,11H2,1-2H3,(H,20,22)/t16-/m1/s1. The number of aliphatic hydroxyl groups excluding tert-OH is 1. The highest BCUT2D eigenvalue weighted by molar-refractivity contribution is 5.93. The van der Waals surface area contributed by atoms with Gasteiger partial charge in [-0.1, -0.05) is 24.3 Å². The van der Waals surface area contributed by atoms with Crippen molar-refractivity contribution in [3.63, 3.8) is 0 Å². The predicted octanol–water partition coefficient (Wildman–Crippen LogP) is 3.14. The number of amides is 1. The van der Waals surface area contributed by atoms with Crippen LogP contribution in [0.15, 0.2) is 36.4 Å². The highest BCUT2D eigenvalue weighted by Crippen LogP contribution is 2.37. The van der Waals surface area contributed by atoms with Gasteiger partial charge in [0.2, 0.25) is 0 Å². The Morgan fingerprint density at radius 2 is 2.17 bits per heavy atom. The number of nitrogens with one attached hydrogen (secondary N) is 1. The minimum atomic E-state index is -0.559. The number of benzene rings is 2. The number of rotatable bonds is 4. The second kappa shape index (κ2) is 6.93. The van der Waals surface area contributed by atoms with E-state index < -0.39 is 6.10 Å². The Balaban J connectivity index is 1.67. The average molecular weight is 327 g/mol. The number of para-hydroxylation sites is 1. The third-order valence-corrected chi connectivity index (χ3v) is 4.02. The van der Waals surface area contributed by atoms with E-state index in [1.165, 1.54) is 0 Å². The molecule has 3 rings (SSSR count). The zero-order valence-corrected chi connectivity index (χ0v) is 13.8. The van der Waals surface area contributed by atoms with Gasteiger partial charge >= 0.3 is 0 Å². The molecular formula is C19H21NO4. The first-order valence-electron chi connectivity index (χ1n) is 7.98. The molecule has 0 unspecified atom stereocenters. The van der Waals surface area contributed by atoms with Crippen molar-refractivity contribution >= 4 is 11.6 Å². The lowest BCUT2D eigenvalue weighted by atomic mass is 10.0. The van der Waals surface area contributed by atoms with Crippen LogP contribution in [0.5, 0.6) is 11.5 Å². The number of aryl methyl sites for hydroxylation is 2. The van der Waals surface area contributed by atoms with Gasteiger partial charge in [0, 0.05) is 12.0 Å². The number of hydrogen-bond donors (Lipinski definition) is 2. The van der Waals surface area contributed by atoms with Crippen LogP contribution in [0.1, 0.15) is 29.2 Å². The fourth-order valence-electron chi connectivity index (χ4n) is 2.70. The molecule has 1 aliphatic heterocycles.